The molecule has 3 aromatic rings. The molecule has 4 nitrogen and oxygen atoms in total. The molecule has 0 aliphatic heterocycles. The monoisotopic (exact) mass is 339 g/mol. The predicted octanol–water partition coefficient (Wildman–Crippen LogP) is 4.35. The molecule has 0 fully saturated rings. The van der Waals surface area contributed by atoms with Gasteiger partial charge in [-0.15, -0.1) is 0 Å². The van der Waals surface area contributed by atoms with Crippen LogP contribution in [0.5, 0.6) is 0 Å². The largest absolute Gasteiger partial charge is 0.354 e. The summed E-state index contributed by atoms with van der Waals surface area (Å²) < 4.78 is 2.08. The van der Waals surface area contributed by atoms with Crippen molar-refractivity contribution in [3.8, 4) is 0 Å². The van der Waals surface area contributed by atoms with Crippen LogP contribution in [0.15, 0.2) is 73.3 Å². The Morgan fingerprint density at radius 1 is 1.12 bits per heavy atom. The van der Waals surface area contributed by atoms with E-state index in [1.54, 1.807) is 18.5 Å². The molecule has 0 spiro atoms. The molecule has 0 saturated carbocycles. The first-order valence-electron chi connectivity index (χ1n) is 7.77. The molecule has 0 aliphatic rings. The van der Waals surface area contributed by atoms with E-state index in [1.165, 1.54) is 0 Å². The fourth-order valence-corrected chi connectivity index (χ4v) is 2.77. The molecule has 0 bridgehead atoms. The number of hydrogen-bond donors (Lipinski definition) is 1. The highest BCUT2D eigenvalue weighted by Gasteiger charge is 2.17. The number of aromatic nitrogens is 2. The average Bonchev–Trinajstić information content (AvgIpc) is 3.09. The van der Waals surface area contributed by atoms with Crippen molar-refractivity contribution < 1.29 is 4.79 Å². The summed E-state index contributed by atoms with van der Waals surface area (Å²) in [6, 6.07) is 15.3. The molecule has 0 unspecified atom stereocenters. The Labute approximate surface area is 146 Å². The number of nitrogens with zero attached hydrogens (tertiary/aromatic N) is 2. The highest BCUT2D eigenvalue weighted by atomic mass is 35.5. The summed E-state index contributed by atoms with van der Waals surface area (Å²) in [5, 5.41) is 3.59. The van der Waals surface area contributed by atoms with E-state index < -0.39 is 0 Å². The molecule has 2 heterocycles. The fourth-order valence-electron chi connectivity index (χ4n) is 2.64. The molecule has 1 amide bonds. The molecule has 5 heteroatoms. The van der Waals surface area contributed by atoms with Gasteiger partial charge in [-0.05, 0) is 42.0 Å². The van der Waals surface area contributed by atoms with Gasteiger partial charge in [-0.1, -0.05) is 23.7 Å². The molecule has 122 valence electrons. The number of benzene rings is 1. The number of nitrogens with one attached hydrogen (secondary N) is 1. The van der Waals surface area contributed by atoms with Crippen LogP contribution in [-0.2, 0) is 11.3 Å². The highest BCUT2D eigenvalue weighted by Crippen LogP contribution is 2.24. The minimum absolute atomic E-state index is 0.0323. The summed E-state index contributed by atoms with van der Waals surface area (Å²) in [5.41, 5.74) is 1.80. The van der Waals surface area contributed by atoms with Crippen molar-refractivity contribution in [2.45, 2.75) is 18.9 Å². The van der Waals surface area contributed by atoms with Gasteiger partial charge in [-0.3, -0.25) is 9.78 Å². The van der Waals surface area contributed by atoms with E-state index in [-0.39, 0.29) is 11.8 Å². The number of anilines is 1. The first-order chi connectivity index (χ1) is 11.7. The van der Waals surface area contributed by atoms with Gasteiger partial charge in [-0.2, -0.15) is 0 Å². The third-order valence-electron chi connectivity index (χ3n) is 3.82. The predicted molar refractivity (Wildman–Crippen MR) is 96.1 cm³/mol. The number of hydrogen-bond acceptors (Lipinski definition) is 2. The molecule has 2 aromatic heterocycles. The van der Waals surface area contributed by atoms with Crippen LogP contribution in [-0.4, -0.2) is 15.5 Å². The quantitative estimate of drug-likeness (QED) is 0.725. The summed E-state index contributed by atoms with van der Waals surface area (Å²) in [4.78, 5) is 16.4. The van der Waals surface area contributed by atoms with Gasteiger partial charge in [0.25, 0.3) is 0 Å². The molecular weight excluding hydrogens is 322 g/mol. The molecule has 1 atom stereocenters. The molecule has 1 N–H and O–H groups in total. The zero-order valence-corrected chi connectivity index (χ0v) is 13.9. The van der Waals surface area contributed by atoms with Crippen LogP contribution >= 0.6 is 11.6 Å². The Kier molecular flexibility index (Phi) is 5.29. The third-order valence-corrected chi connectivity index (χ3v) is 4.07. The first-order valence-corrected chi connectivity index (χ1v) is 8.14. The fraction of sp³-hybridized carbons (Fsp3) is 0.158. The second-order valence-corrected chi connectivity index (χ2v) is 6.06. The number of rotatable bonds is 6. The van der Waals surface area contributed by atoms with Crippen molar-refractivity contribution in [2.24, 2.45) is 0 Å². The Morgan fingerprint density at radius 2 is 1.88 bits per heavy atom. The van der Waals surface area contributed by atoms with Crippen molar-refractivity contribution in [2.75, 3.05) is 5.32 Å². The number of amides is 1. The van der Waals surface area contributed by atoms with Crippen molar-refractivity contribution in [3.05, 3.63) is 83.9 Å². The summed E-state index contributed by atoms with van der Waals surface area (Å²) in [5.74, 6) is 0.0291. The Bertz CT molecular complexity index is 770. The Morgan fingerprint density at radius 3 is 2.54 bits per heavy atom. The molecule has 0 saturated heterocycles. The van der Waals surface area contributed by atoms with E-state index in [4.69, 9.17) is 11.6 Å². The lowest BCUT2D eigenvalue weighted by Crippen LogP contribution is -2.18. The topological polar surface area (TPSA) is 46.9 Å². The zero-order chi connectivity index (χ0) is 16.8. The van der Waals surface area contributed by atoms with Crippen molar-refractivity contribution >= 4 is 23.2 Å². The van der Waals surface area contributed by atoms with Crippen LogP contribution in [0, 0.1) is 0 Å². The second-order valence-electron chi connectivity index (χ2n) is 5.62. The summed E-state index contributed by atoms with van der Waals surface area (Å²) in [6.07, 6.45) is 7.71. The van der Waals surface area contributed by atoms with Crippen molar-refractivity contribution in [1.29, 1.82) is 0 Å². The van der Waals surface area contributed by atoms with E-state index in [2.05, 4.69) is 14.9 Å². The van der Waals surface area contributed by atoms with E-state index in [9.17, 15) is 4.79 Å². The number of carbonyl (C=O) groups is 1. The third kappa shape index (κ3) is 4.46. The maximum absolute atomic E-state index is 12.4. The SMILES string of the molecule is O=C(C[C@H](Cn1cccc1)c1ccc(Cl)cc1)Nc1cccnc1. The summed E-state index contributed by atoms with van der Waals surface area (Å²) in [6.45, 7) is 0.731. The molecule has 1 aromatic carbocycles. The minimum Gasteiger partial charge on any atom is -0.354 e. The van der Waals surface area contributed by atoms with Gasteiger partial charge in [0.15, 0.2) is 0 Å². The van der Waals surface area contributed by atoms with E-state index in [0.29, 0.717) is 17.1 Å². The van der Waals surface area contributed by atoms with Gasteiger partial charge in [0.2, 0.25) is 5.91 Å². The zero-order valence-electron chi connectivity index (χ0n) is 13.1. The maximum atomic E-state index is 12.4. The van der Waals surface area contributed by atoms with Crippen LogP contribution < -0.4 is 5.32 Å². The summed E-state index contributed by atoms with van der Waals surface area (Å²) in [7, 11) is 0. The standard InChI is InChI=1S/C19H18ClN3O/c20-17-7-5-15(6-8-17)16(14-23-10-1-2-11-23)12-19(24)22-18-4-3-9-21-13-18/h1-11,13,16H,12,14H2,(H,22,24)/t16-/m1/s1. The highest BCUT2D eigenvalue weighted by molar-refractivity contribution is 6.30. The van der Waals surface area contributed by atoms with E-state index in [1.807, 2.05) is 54.9 Å². The lowest BCUT2D eigenvalue weighted by atomic mass is 9.95. The number of halogens is 1. The van der Waals surface area contributed by atoms with Crippen molar-refractivity contribution in [1.82, 2.24) is 9.55 Å². The number of carbonyl (C=O) groups excluding carboxylic acids is 1. The number of pyridine rings is 1. The molecular formula is C19H18ClN3O. The van der Waals surface area contributed by atoms with Gasteiger partial charge >= 0.3 is 0 Å². The van der Waals surface area contributed by atoms with Gasteiger partial charge in [0.05, 0.1) is 11.9 Å². The van der Waals surface area contributed by atoms with Gasteiger partial charge < -0.3 is 9.88 Å². The maximum Gasteiger partial charge on any atom is 0.225 e. The van der Waals surface area contributed by atoms with Crippen LogP contribution in [0.2, 0.25) is 5.02 Å². The van der Waals surface area contributed by atoms with Gasteiger partial charge in [0.1, 0.15) is 0 Å². The summed E-state index contributed by atoms with van der Waals surface area (Å²) >= 11 is 5.98. The van der Waals surface area contributed by atoms with Crippen molar-refractivity contribution in [3.63, 3.8) is 0 Å². The molecule has 0 radical (unpaired) electrons. The van der Waals surface area contributed by atoms with Crippen LogP contribution in [0.25, 0.3) is 0 Å². The van der Waals surface area contributed by atoms with Gasteiger partial charge in [0, 0.05) is 42.5 Å². The molecule has 24 heavy (non-hydrogen) atoms. The van der Waals surface area contributed by atoms with E-state index >= 15 is 0 Å². The molecule has 3 rings (SSSR count). The smallest absolute Gasteiger partial charge is 0.225 e. The minimum atomic E-state index is -0.0323. The van der Waals surface area contributed by atoms with E-state index in [0.717, 1.165) is 12.1 Å². The average molecular weight is 340 g/mol. The van der Waals surface area contributed by atoms with Crippen LogP contribution in [0.1, 0.15) is 17.9 Å². The Balaban J connectivity index is 1.74. The Hall–Kier alpha value is -2.59. The second kappa shape index (κ2) is 7.79. The molecule has 0 aliphatic carbocycles. The van der Waals surface area contributed by atoms with Crippen LogP contribution in [0.4, 0.5) is 5.69 Å². The normalized spacial score (nSPS) is 11.9. The lowest BCUT2D eigenvalue weighted by Gasteiger charge is -2.18. The lowest BCUT2D eigenvalue weighted by molar-refractivity contribution is -0.116. The first kappa shape index (κ1) is 16.3. The van der Waals surface area contributed by atoms with Gasteiger partial charge in [-0.25, -0.2) is 0 Å². The van der Waals surface area contributed by atoms with Crippen LogP contribution in [0.3, 0.4) is 0 Å².